The van der Waals surface area contributed by atoms with Crippen molar-refractivity contribution in [2.24, 2.45) is 0 Å². The minimum Gasteiger partial charge on any atom is -0.406 e. The van der Waals surface area contributed by atoms with Crippen LogP contribution in [-0.2, 0) is 10.0 Å². The Kier molecular flexibility index (Phi) is 6.87. The molecule has 0 fully saturated rings. The van der Waals surface area contributed by atoms with Crippen molar-refractivity contribution >= 4 is 32.3 Å². The van der Waals surface area contributed by atoms with E-state index in [0.29, 0.717) is 33.7 Å². The Morgan fingerprint density at radius 2 is 1.58 bits per heavy atom. The first-order valence-corrected chi connectivity index (χ1v) is 12.4. The zero-order valence-electron chi connectivity index (χ0n) is 19.6. The second-order valence-corrected chi connectivity index (χ2v) is 10.1. The van der Waals surface area contributed by atoms with Gasteiger partial charge in [-0.25, -0.2) is 13.1 Å². The number of fused-ring (bicyclic) bond motifs is 1. The number of nitrogens with zero attached hydrogens (tertiary/aromatic N) is 2. The molecule has 188 valence electrons. The molecule has 3 aromatic carbocycles. The van der Waals surface area contributed by atoms with Crippen LogP contribution in [0.2, 0.25) is 0 Å². The van der Waals surface area contributed by atoms with Gasteiger partial charge in [0.05, 0.1) is 4.90 Å². The number of anilines is 2. The van der Waals surface area contributed by atoms with Crippen LogP contribution in [0, 0.1) is 6.92 Å². The Morgan fingerprint density at radius 3 is 2.22 bits per heavy atom. The first-order valence-electron chi connectivity index (χ1n) is 10.9. The lowest BCUT2D eigenvalue weighted by Gasteiger charge is -2.15. The Bertz CT molecular complexity index is 1510. The lowest BCUT2D eigenvalue weighted by molar-refractivity contribution is -0.274. The molecule has 1 heterocycles. The number of nitrogens with one attached hydrogen (secondary N) is 2. The van der Waals surface area contributed by atoms with Crippen LogP contribution < -0.4 is 14.8 Å². The standard InChI is InChI=1S/C25H23F3N4O3S/c1-15(2)32-36(33,34)22-14-17(9-8-16(22)3)23-20-6-4-5-7-21(20)24(31-30-23)29-18-10-12-19(13-11-18)35-25(26,27)28/h4-15,32H,1-3H3,(H,29,31). The average molecular weight is 517 g/mol. The summed E-state index contributed by atoms with van der Waals surface area (Å²) in [6.07, 6.45) is -4.77. The van der Waals surface area contributed by atoms with Crippen LogP contribution in [0.15, 0.2) is 71.6 Å². The quantitative estimate of drug-likeness (QED) is 0.316. The van der Waals surface area contributed by atoms with Crippen molar-refractivity contribution < 1.29 is 26.3 Å². The highest BCUT2D eigenvalue weighted by Gasteiger charge is 2.31. The van der Waals surface area contributed by atoms with Gasteiger partial charge in [-0.05, 0) is 56.7 Å². The zero-order chi connectivity index (χ0) is 26.1. The van der Waals surface area contributed by atoms with Gasteiger partial charge in [0, 0.05) is 28.1 Å². The highest BCUT2D eigenvalue weighted by atomic mass is 32.2. The fourth-order valence-electron chi connectivity index (χ4n) is 3.70. The number of benzene rings is 3. The lowest BCUT2D eigenvalue weighted by Crippen LogP contribution is -2.30. The van der Waals surface area contributed by atoms with Gasteiger partial charge >= 0.3 is 6.36 Å². The molecule has 0 radical (unpaired) electrons. The number of ether oxygens (including phenoxy) is 1. The largest absolute Gasteiger partial charge is 0.573 e. The second kappa shape index (κ2) is 9.75. The molecule has 4 rings (SSSR count). The summed E-state index contributed by atoms with van der Waals surface area (Å²) in [6, 6.07) is 17.4. The predicted molar refractivity (Wildman–Crippen MR) is 132 cm³/mol. The summed E-state index contributed by atoms with van der Waals surface area (Å²) in [6.45, 7) is 5.22. The number of sulfonamides is 1. The summed E-state index contributed by atoms with van der Waals surface area (Å²) >= 11 is 0. The van der Waals surface area contributed by atoms with Crippen molar-refractivity contribution in [1.82, 2.24) is 14.9 Å². The van der Waals surface area contributed by atoms with Crippen LogP contribution in [0.1, 0.15) is 19.4 Å². The number of halogens is 3. The molecule has 4 aromatic rings. The van der Waals surface area contributed by atoms with Gasteiger partial charge in [0.2, 0.25) is 10.0 Å². The van der Waals surface area contributed by atoms with Gasteiger partial charge in [0.15, 0.2) is 5.82 Å². The predicted octanol–water partition coefficient (Wildman–Crippen LogP) is 5.93. The number of rotatable bonds is 7. The lowest BCUT2D eigenvalue weighted by atomic mass is 10.0. The van der Waals surface area contributed by atoms with Crippen molar-refractivity contribution in [2.75, 3.05) is 5.32 Å². The van der Waals surface area contributed by atoms with E-state index >= 15 is 0 Å². The summed E-state index contributed by atoms with van der Waals surface area (Å²) in [5.74, 6) is 0.0525. The molecule has 0 aliphatic carbocycles. The summed E-state index contributed by atoms with van der Waals surface area (Å²) in [5.41, 5.74) is 2.15. The van der Waals surface area contributed by atoms with E-state index in [9.17, 15) is 21.6 Å². The molecule has 11 heteroatoms. The van der Waals surface area contributed by atoms with E-state index in [4.69, 9.17) is 0 Å². The molecule has 7 nitrogen and oxygen atoms in total. The molecule has 0 atom stereocenters. The minimum atomic E-state index is -4.77. The maximum absolute atomic E-state index is 12.8. The van der Waals surface area contributed by atoms with Gasteiger partial charge in [0.25, 0.3) is 0 Å². The van der Waals surface area contributed by atoms with Crippen molar-refractivity contribution in [3.8, 4) is 17.0 Å². The highest BCUT2D eigenvalue weighted by Crippen LogP contribution is 2.33. The molecule has 0 aliphatic rings. The first-order chi connectivity index (χ1) is 16.9. The van der Waals surface area contributed by atoms with Crippen LogP contribution in [-0.4, -0.2) is 31.0 Å². The van der Waals surface area contributed by atoms with E-state index in [-0.39, 0.29) is 16.7 Å². The van der Waals surface area contributed by atoms with Gasteiger partial charge in [-0.2, -0.15) is 0 Å². The van der Waals surface area contributed by atoms with E-state index in [2.05, 4.69) is 25.0 Å². The van der Waals surface area contributed by atoms with Gasteiger partial charge in [-0.15, -0.1) is 23.4 Å². The molecule has 0 aliphatic heterocycles. The van der Waals surface area contributed by atoms with E-state index < -0.39 is 16.4 Å². The van der Waals surface area contributed by atoms with Gasteiger partial charge < -0.3 is 10.1 Å². The monoisotopic (exact) mass is 516 g/mol. The van der Waals surface area contributed by atoms with Crippen molar-refractivity contribution in [1.29, 1.82) is 0 Å². The van der Waals surface area contributed by atoms with Crippen molar-refractivity contribution in [3.05, 3.63) is 72.3 Å². The molecule has 0 amide bonds. The zero-order valence-corrected chi connectivity index (χ0v) is 20.4. The molecular formula is C25H23F3N4O3S. The van der Waals surface area contributed by atoms with Crippen LogP contribution >= 0.6 is 0 Å². The topological polar surface area (TPSA) is 93.2 Å². The number of aryl methyl sites for hydroxylation is 1. The molecule has 1 aromatic heterocycles. The second-order valence-electron chi connectivity index (χ2n) is 8.40. The molecule has 0 unspecified atom stereocenters. The van der Waals surface area contributed by atoms with E-state index in [1.165, 1.54) is 24.3 Å². The Hall–Kier alpha value is -3.70. The first kappa shape index (κ1) is 25.4. The number of alkyl halides is 3. The molecule has 36 heavy (non-hydrogen) atoms. The minimum absolute atomic E-state index is 0.156. The summed E-state index contributed by atoms with van der Waals surface area (Å²) in [7, 11) is -3.73. The maximum atomic E-state index is 12.8. The summed E-state index contributed by atoms with van der Waals surface area (Å²) in [4.78, 5) is 0.156. The third kappa shape index (κ3) is 5.74. The summed E-state index contributed by atoms with van der Waals surface area (Å²) < 4.78 is 69.4. The Morgan fingerprint density at radius 1 is 0.917 bits per heavy atom. The maximum Gasteiger partial charge on any atom is 0.573 e. The normalized spacial score (nSPS) is 12.2. The van der Waals surface area contributed by atoms with E-state index in [0.717, 1.165) is 5.39 Å². The number of aromatic nitrogens is 2. The van der Waals surface area contributed by atoms with Crippen LogP contribution in [0.25, 0.3) is 22.0 Å². The molecule has 0 spiro atoms. The fraction of sp³-hybridized carbons (Fsp3) is 0.200. The van der Waals surface area contributed by atoms with E-state index in [1.54, 1.807) is 39.0 Å². The van der Waals surface area contributed by atoms with Crippen molar-refractivity contribution in [2.45, 2.75) is 38.1 Å². The van der Waals surface area contributed by atoms with Crippen molar-refractivity contribution in [3.63, 3.8) is 0 Å². The molecule has 0 saturated carbocycles. The third-order valence-electron chi connectivity index (χ3n) is 5.18. The van der Waals surface area contributed by atoms with E-state index in [1.807, 2.05) is 24.3 Å². The van der Waals surface area contributed by atoms with Crippen LogP contribution in [0.5, 0.6) is 5.75 Å². The van der Waals surface area contributed by atoms with Gasteiger partial charge in [0.1, 0.15) is 11.4 Å². The van der Waals surface area contributed by atoms with Crippen LogP contribution in [0.3, 0.4) is 0 Å². The third-order valence-corrected chi connectivity index (χ3v) is 6.98. The highest BCUT2D eigenvalue weighted by molar-refractivity contribution is 7.89. The van der Waals surface area contributed by atoms with Gasteiger partial charge in [-0.3, -0.25) is 0 Å². The smallest absolute Gasteiger partial charge is 0.406 e. The fourth-order valence-corrected chi connectivity index (χ4v) is 5.22. The Balaban J connectivity index is 1.71. The summed E-state index contributed by atoms with van der Waals surface area (Å²) in [5, 5.41) is 13.1. The van der Waals surface area contributed by atoms with Gasteiger partial charge in [-0.1, -0.05) is 36.4 Å². The SMILES string of the molecule is Cc1ccc(-c2nnc(Nc3ccc(OC(F)(F)F)cc3)c3ccccc23)cc1S(=O)(=O)NC(C)C. The number of hydrogen-bond acceptors (Lipinski definition) is 6. The van der Waals surface area contributed by atoms with Crippen LogP contribution in [0.4, 0.5) is 24.7 Å². The molecule has 2 N–H and O–H groups in total. The molecular weight excluding hydrogens is 493 g/mol. The Labute approximate surface area is 206 Å². The number of hydrogen-bond donors (Lipinski definition) is 2. The average Bonchev–Trinajstić information content (AvgIpc) is 2.79. The molecule has 0 bridgehead atoms. The molecule has 0 saturated heterocycles.